The molecule has 60 valence electrons. The highest BCUT2D eigenvalue weighted by molar-refractivity contribution is 9.10. The second kappa shape index (κ2) is 3.83. The molecule has 1 unspecified atom stereocenters. The summed E-state index contributed by atoms with van der Waals surface area (Å²) < 4.78 is 1.06. The summed E-state index contributed by atoms with van der Waals surface area (Å²) in [6.45, 7) is 2.71. The molecule has 1 atom stereocenters. The topological polar surface area (TPSA) is 38.9 Å². The lowest BCUT2D eigenvalue weighted by Gasteiger charge is -2.06. The van der Waals surface area contributed by atoms with Crippen LogP contribution in [0.2, 0.25) is 0 Å². The first-order chi connectivity index (χ1) is 5.24. The number of hydrogen-bond acceptors (Lipinski definition) is 2. The molecule has 11 heavy (non-hydrogen) atoms. The Morgan fingerprint density at radius 2 is 2.45 bits per heavy atom. The molecule has 1 aromatic heterocycles. The molecule has 1 rings (SSSR count). The average molecular weight is 215 g/mol. The van der Waals surface area contributed by atoms with Crippen molar-refractivity contribution in [1.82, 2.24) is 4.98 Å². The van der Waals surface area contributed by atoms with Gasteiger partial charge in [-0.15, -0.1) is 0 Å². The number of nitrogens with two attached hydrogens (primary N) is 1. The predicted octanol–water partition coefficient (Wildman–Crippen LogP) is 1.91. The number of aromatic nitrogens is 1. The van der Waals surface area contributed by atoms with E-state index in [-0.39, 0.29) is 0 Å². The SMILES string of the molecule is CC(CN)c1cc(Br)ccn1. The Morgan fingerprint density at radius 3 is 3.00 bits per heavy atom. The number of pyridine rings is 1. The average Bonchev–Trinajstić information content (AvgIpc) is 2.03. The van der Waals surface area contributed by atoms with Crippen LogP contribution in [-0.4, -0.2) is 11.5 Å². The minimum atomic E-state index is 0.340. The summed E-state index contributed by atoms with van der Waals surface area (Å²) in [6, 6.07) is 3.91. The lowest BCUT2D eigenvalue weighted by molar-refractivity contribution is 0.744. The largest absolute Gasteiger partial charge is 0.330 e. The Hall–Kier alpha value is -0.410. The summed E-state index contributed by atoms with van der Waals surface area (Å²) in [5, 5.41) is 0. The second-order valence-electron chi connectivity index (χ2n) is 2.54. The number of nitrogens with zero attached hydrogens (tertiary/aromatic N) is 1. The van der Waals surface area contributed by atoms with E-state index in [1.165, 1.54) is 0 Å². The molecular weight excluding hydrogens is 204 g/mol. The Balaban J connectivity index is 2.86. The van der Waals surface area contributed by atoms with Gasteiger partial charge < -0.3 is 5.73 Å². The maximum absolute atomic E-state index is 5.50. The normalized spacial score (nSPS) is 13.0. The van der Waals surface area contributed by atoms with Crippen molar-refractivity contribution >= 4 is 15.9 Å². The van der Waals surface area contributed by atoms with Gasteiger partial charge in [-0.05, 0) is 12.1 Å². The number of hydrogen-bond donors (Lipinski definition) is 1. The monoisotopic (exact) mass is 214 g/mol. The maximum Gasteiger partial charge on any atom is 0.0455 e. The van der Waals surface area contributed by atoms with Crippen LogP contribution in [0.5, 0.6) is 0 Å². The molecule has 3 heteroatoms. The summed E-state index contributed by atoms with van der Waals surface area (Å²) in [4.78, 5) is 4.20. The summed E-state index contributed by atoms with van der Waals surface area (Å²) >= 11 is 3.38. The molecule has 1 aromatic rings. The molecular formula is C8H11BrN2. The van der Waals surface area contributed by atoms with Crippen molar-refractivity contribution in [2.45, 2.75) is 12.8 Å². The fourth-order valence-corrected chi connectivity index (χ4v) is 1.16. The van der Waals surface area contributed by atoms with Gasteiger partial charge in [0.05, 0.1) is 0 Å². The van der Waals surface area contributed by atoms with Crippen LogP contribution in [0.1, 0.15) is 18.5 Å². The molecule has 0 radical (unpaired) electrons. The quantitative estimate of drug-likeness (QED) is 0.818. The van der Waals surface area contributed by atoms with Gasteiger partial charge in [-0.1, -0.05) is 22.9 Å². The third kappa shape index (κ3) is 2.27. The zero-order valence-electron chi connectivity index (χ0n) is 6.42. The summed E-state index contributed by atoms with van der Waals surface area (Å²) in [7, 11) is 0. The lowest BCUT2D eigenvalue weighted by Crippen LogP contribution is -2.09. The van der Waals surface area contributed by atoms with Gasteiger partial charge >= 0.3 is 0 Å². The molecule has 0 aliphatic carbocycles. The molecule has 2 nitrogen and oxygen atoms in total. The minimum absolute atomic E-state index is 0.340. The molecule has 0 aliphatic rings. The Labute approximate surface area is 75.0 Å². The first kappa shape index (κ1) is 8.68. The van der Waals surface area contributed by atoms with Crippen molar-refractivity contribution in [2.24, 2.45) is 5.73 Å². The van der Waals surface area contributed by atoms with Crippen molar-refractivity contribution in [3.63, 3.8) is 0 Å². The van der Waals surface area contributed by atoms with E-state index in [1.54, 1.807) is 6.20 Å². The molecule has 2 N–H and O–H groups in total. The maximum atomic E-state index is 5.50. The minimum Gasteiger partial charge on any atom is -0.330 e. The van der Waals surface area contributed by atoms with E-state index in [4.69, 9.17) is 5.73 Å². The van der Waals surface area contributed by atoms with Crippen molar-refractivity contribution in [3.05, 3.63) is 28.5 Å². The van der Waals surface area contributed by atoms with Gasteiger partial charge in [0.2, 0.25) is 0 Å². The second-order valence-corrected chi connectivity index (χ2v) is 3.45. The van der Waals surface area contributed by atoms with Gasteiger partial charge in [0, 0.05) is 28.8 Å². The standard InChI is InChI=1S/C8H11BrN2/c1-6(5-10)8-4-7(9)2-3-11-8/h2-4,6H,5,10H2,1H3. The summed E-state index contributed by atoms with van der Waals surface area (Å²) in [5.41, 5.74) is 6.54. The highest BCUT2D eigenvalue weighted by Crippen LogP contribution is 2.15. The third-order valence-electron chi connectivity index (χ3n) is 1.60. The van der Waals surface area contributed by atoms with Crippen LogP contribution in [0.4, 0.5) is 0 Å². The van der Waals surface area contributed by atoms with Crippen LogP contribution in [-0.2, 0) is 0 Å². The van der Waals surface area contributed by atoms with E-state index in [2.05, 4.69) is 27.8 Å². The van der Waals surface area contributed by atoms with E-state index in [1.807, 2.05) is 12.1 Å². The number of halogens is 1. The predicted molar refractivity (Wildman–Crippen MR) is 49.4 cm³/mol. The van der Waals surface area contributed by atoms with Crippen molar-refractivity contribution in [2.75, 3.05) is 6.54 Å². The van der Waals surface area contributed by atoms with Crippen molar-refractivity contribution in [1.29, 1.82) is 0 Å². The Bertz CT molecular complexity index is 237. The van der Waals surface area contributed by atoms with Gasteiger partial charge in [-0.2, -0.15) is 0 Å². The fourth-order valence-electron chi connectivity index (χ4n) is 0.811. The smallest absolute Gasteiger partial charge is 0.0455 e. The lowest BCUT2D eigenvalue weighted by atomic mass is 10.1. The molecule has 0 aliphatic heterocycles. The zero-order valence-corrected chi connectivity index (χ0v) is 8.01. The molecule has 0 bridgehead atoms. The van der Waals surface area contributed by atoms with Gasteiger partial charge in [-0.25, -0.2) is 0 Å². The van der Waals surface area contributed by atoms with Crippen molar-refractivity contribution < 1.29 is 0 Å². The van der Waals surface area contributed by atoms with Gasteiger partial charge in [-0.3, -0.25) is 4.98 Å². The molecule has 0 saturated carbocycles. The summed E-state index contributed by atoms with van der Waals surface area (Å²) in [5.74, 6) is 0.340. The van der Waals surface area contributed by atoms with E-state index in [0.717, 1.165) is 10.2 Å². The first-order valence-corrected chi connectivity index (χ1v) is 4.35. The van der Waals surface area contributed by atoms with Crippen molar-refractivity contribution in [3.8, 4) is 0 Å². The van der Waals surface area contributed by atoms with E-state index in [0.29, 0.717) is 12.5 Å². The van der Waals surface area contributed by atoms with Crippen LogP contribution in [0, 0.1) is 0 Å². The zero-order chi connectivity index (χ0) is 8.27. The highest BCUT2D eigenvalue weighted by atomic mass is 79.9. The van der Waals surface area contributed by atoms with Gasteiger partial charge in [0.1, 0.15) is 0 Å². The molecule has 1 heterocycles. The van der Waals surface area contributed by atoms with Gasteiger partial charge in [0.15, 0.2) is 0 Å². The van der Waals surface area contributed by atoms with Crippen LogP contribution >= 0.6 is 15.9 Å². The molecule has 0 aromatic carbocycles. The molecule has 0 fully saturated rings. The fraction of sp³-hybridized carbons (Fsp3) is 0.375. The van der Waals surface area contributed by atoms with Crippen LogP contribution in [0.15, 0.2) is 22.8 Å². The van der Waals surface area contributed by atoms with Gasteiger partial charge in [0.25, 0.3) is 0 Å². The summed E-state index contributed by atoms with van der Waals surface area (Å²) in [6.07, 6.45) is 1.78. The first-order valence-electron chi connectivity index (χ1n) is 3.55. The van der Waals surface area contributed by atoms with Crippen LogP contribution < -0.4 is 5.73 Å². The Kier molecular flexibility index (Phi) is 3.02. The number of rotatable bonds is 2. The van der Waals surface area contributed by atoms with E-state index >= 15 is 0 Å². The van der Waals surface area contributed by atoms with Crippen LogP contribution in [0.3, 0.4) is 0 Å². The van der Waals surface area contributed by atoms with Crippen LogP contribution in [0.25, 0.3) is 0 Å². The molecule has 0 amide bonds. The highest BCUT2D eigenvalue weighted by Gasteiger charge is 2.03. The van der Waals surface area contributed by atoms with E-state index < -0.39 is 0 Å². The third-order valence-corrected chi connectivity index (χ3v) is 2.09. The van der Waals surface area contributed by atoms with E-state index in [9.17, 15) is 0 Å². The molecule has 0 spiro atoms. The Morgan fingerprint density at radius 1 is 1.73 bits per heavy atom. The molecule has 0 saturated heterocycles.